The Morgan fingerprint density at radius 1 is 0.719 bits per heavy atom. The standard InChI is InChI=1S/C28H20N4/c1-28(2)22-10-6-5-9-19(22)20-12-13-21-24-18-8-4-3-7-17(18)11-14-23(24)32(26(21)25(20)28)27-30-15-29-16-31-27/h3-16H,1-2H3. The second-order valence-electron chi connectivity index (χ2n) is 9.01. The second kappa shape index (κ2) is 6.01. The van der Waals surface area contributed by atoms with Gasteiger partial charge in [-0.1, -0.05) is 80.6 Å². The van der Waals surface area contributed by atoms with Crippen LogP contribution in [0, 0.1) is 0 Å². The van der Waals surface area contributed by atoms with Crippen molar-refractivity contribution in [2.45, 2.75) is 19.3 Å². The van der Waals surface area contributed by atoms with E-state index in [9.17, 15) is 0 Å². The molecule has 0 fully saturated rings. The second-order valence-corrected chi connectivity index (χ2v) is 9.01. The molecule has 4 heteroatoms. The van der Waals surface area contributed by atoms with E-state index in [0.29, 0.717) is 5.95 Å². The maximum atomic E-state index is 4.56. The summed E-state index contributed by atoms with van der Waals surface area (Å²) < 4.78 is 2.23. The molecular formula is C28H20N4. The van der Waals surface area contributed by atoms with Crippen LogP contribution in [0.4, 0.5) is 0 Å². The molecule has 0 saturated carbocycles. The van der Waals surface area contributed by atoms with E-state index in [2.05, 4.69) is 106 Å². The minimum absolute atomic E-state index is 0.138. The van der Waals surface area contributed by atoms with Crippen molar-refractivity contribution in [3.63, 3.8) is 0 Å². The Balaban J connectivity index is 1.76. The molecule has 1 aliphatic carbocycles. The Hall–Kier alpha value is -4.05. The maximum absolute atomic E-state index is 4.56. The first-order chi connectivity index (χ1) is 15.7. The molecule has 0 saturated heterocycles. The summed E-state index contributed by atoms with van der Waals surface area (Å²) in [7, 11) is 0. The van der Waals surface area contributed by atoms with Crippen LogP contribution in [0.5, 0.6) is 0 Å². The molecule has 0 N–H and O–H groups in total. The number of aromatic nitrogens is 4. The van der Waals surface area contributed by atoms with Crippen molar-refractivity contribution in [3.8, 4) is 17.1 Å². The Morgan fingerprint density at radius 2 is 1.50 bits per heavy atom. The van der Waals surface area contributed by atoms with Gasteiger partial charge in [0.15, 0.2) is 0 Å². The van der Waals surface area contributed by atoms with E-state index >= 15 is 0 Å². The van der Waals surface area contributed by atoms with Crippen molar-refractivity contribution >= 4 is 32.6 Å². The third kappa shape index (κ3) is 2.09. The zero-order valence-corrected chi connectivity index (χ0v) is 17.9. The average molecular weight is 412 g/mol. The Bertz CT molecular complexity index is 1690. The lowest BCUT2D eigenvalue weighted by atomic mass is 9.81. The highest BCUT2D eigenvalue weighted by Crippen LogP contribution is 2.53. The lowest BCUT2D eigenvalue weighted by Crippen LogP contribution is -2.16. The third-order valence-electron chi connectivity index (χ3n) is 7.01. The van der Waals surface area contributed by atoms with Gasteiger partial charge in [0.2, 0.25) is 5.95 Å². The van der Waals surface area contributed by atoms with Crippen molar-refractivity contribution in [1.82, 2.24) is 19.5 Å². The first-order valence-electron chi connectivity index (χ1n) is 10.9. The lowest BCUT2D eigenvalue weighted by Gasteiger charge is -2.23. The fourth-order valence-electron chi connectivity index (χ4n) is 5.69. The van der Waals surface area contributed by atoms with Crippen LogP contribution < -0.4 is 0 Å². The first kappa shape index (κ1) is 17.6. The number of benzene rings is 4. The van der Waals surface area contributed by atoms with Gasteiger partial charge in [-0.3, -0.25) is 4.57 Å². The van der Waals surface area contributed by atoms with Crippen molar-refractivity contribution in [3.05, 3.63) is 96.6 Å². The van der Waals surface area contributed by atoms with E-state index in [1.165, 1.54) is 49.3 Å². The molecule has 0 amide bonds. The molecule has 0 atom stereocenters. The molecule has 6 aromatic rings. The fourth-order valence-corrected chi connectivity index (χ4v) is 5.69. The highest BCUT2D eigenvalue weighted by molar-refractivity contribution is 6.22. The molecule has 1 aliphatic rings. The van der Waals surface area contributed by atoms with Crippen LogP contribution in [0.3, 0.4) is 0 Å². The number of nitrogens with zero attached hydrogens (tertiary/aromatic N) is 4. The molecule has 0 aliphatic heterocycles. The topological polar surface area (TPSA) is 43.6 Å². The summed E-state index contributed by atoms with van der Waals surface area (Å²) in [4.78, 5) is 13.2. The lowest BCUT2D eigenvalue weighted by molar-refractivity contribution is 0.663. The van der Waals surface area contributed by atoms with Crippen LogP contribution in [0.25, 0.3) is 49.7 Å². The summed E-state index contributed by atoms with van der Waals surface area (Å²) in [5.41, 5.74) is 7.45. The summed E-state index contributed by atoms with van der Waals surface area (Å²) in [6, 6.07) is 26.3. The SMILES string of the molecule is CC1(C)c2ccccc2-c2ccc3c4c5ccccc5ccc4n(-c4ncncn4)c3c21. The quantitative estimate of drug-likeness (QED) is 0.313. The summed E-state index contributed by atoms with van der Waals surface area (Å²) in [5, 5.41) is 4.96. The van der Waals surface area contributed by atoms with Gasteiger partial charge in [-0.25, -0.2) is 15.0 Å². The fraction of sp³-hybridized carbons (Fsp3) is 0.107. The molecule has 4 aromatic carbocycles. The van der Waals surface area contributed by atoms with Gasteiger partial charge < -0.3 is 0 Å². The average Bonchev–Trinajstić information content (AvgIpc) is 3.29. The van der Waals surface area contributed by atoms with E-state index in [0.717, 1.165) is 5.52 Å². The largest absolute Gasteiger partial charge is 0.277 e. The van der Waals surface area contributed by atoms with Crippen molar-refractivity contribution < 1.29 is 0 Å². The normalized spacial score (nSPS) is 14.2. The molecule has 2 heterocycles. The van der Waals surface area contributed by atoms with Crippen LogP contribution in [0.15, 0.2) is 85.5 Å². The van der Waals surface area contributed by atoms with E-state index in [-0.39, 0.29) is 5.41 Å². The van der Waals surface area contributed by atoms with Gasteiger partial charge in [0.05, 0.1) is 11.0 Å². The molecule has 4 nitrogen and oxygen atoms in total. The van der Waals surface area contributed by atoms with Crippen LogP contribution in [-0.4, -0.2) is 19.5 Å². The summed E-state index contributed by atoms with van der Waals surface area (Å²) in [5.74, 6) is 0.649. The molecule has 7 rings (SSSR count). The summed E-state index contributed by atoms with van der Waals surface area (Å²) >= 11 is 0. The molecule has 152 valence electrons. The Labute approximate surface area is 185 Å². The van der Waals surface area contributed by atoms with Gasteiger partial charge >= 0.3 is 0 Å². The van der Waals surface area contributed by atoms with Gasteiger partial charge in [-0.2, -0.15) is 0 Å². The highest BCUT2D eigenvalue weighted by atomic mass is 15.2. The zero-order valence-electron chi connectivity index (χ0n) is 17.9. The Kier molecular flexibility index (Phi) is 3.31. The van der Waals surface area contributed by atoms with E-state index in [1.54, 1.807) is 12.7 Å². The van der Waals surface area contributed by atoms with Gasteiger partial charge in [0.25, 0.3) is 0 Å². The number of hydrogen-bond donors (Lipinski definition) is 0. The van der Waals surface area contributed by atoms with Crippen molar-refractivity contribution in [1.29, 1.82) is 0 Å². The van der Waals surface area contributed by atoms with Gasteiger partial charge in [0, 0.05) is 16.2 Å². The van der Waals surface area contributed by atoms with Gasteiger partial charge in [0.1, 0.15) is 12.7 Å². The third-order valence-corrected chi connectivity index (χ3v) is 7.01. The zero-order chi connectivity index (χ0) is 21.4. The molecule has 0 spiro atoms. The van der Waals surface area contributed by atoms with Gasteiger partial charge in [-0.05, 0) is 39.1 Å². The van der Waals surface area contributed by atoms with E-state index in [1.807, 2.05) is 0 Å². The molecule has 2 aromatic heterocycles. The number of fused-ring (bicyclic) bond motifs is 9. The highest BCUT2D eigenvalue weighted by Gasteiger charge is 2.38. The van der Waals surface area contributed by atoms with E-state index < -0.39 is 0 Å². The number of rotatable bonds is 1. The molecule has 0 unspecified atom stereocenters. The predicted molar refractivity (Wildman–Crippen MR) is 129 cm³/mol. The van der Waals surface area contributed by atoms with Crippen molar-refractivity contribution in [2.75, 3.05) is 0 Å². The molecule has 0 bridgehead atoms. The first-order valence-corrected chi connectivity index (χ1v) is 10.9. The predicted octanol–water partition coefficient (Wildman–Crippen LogP) is 6.43. The summed E-state index contributed by atoms with van der Waals surface area (Å²) in [6.45, 7) is 4.65. The van der Waals surface area contributed by atoms with E-state index in [4.69, 9.17) is 0 Å². The molecule has 32 heavy (non-hydrogen) atoms. The van der Waals surface area contributed by atoms with Crippen LogP contribution in [-0.2, 0) is 5.41 Å². The van der Waals surface area contributed by atoms with Crippen LogP contribution in [0.1, 0.15) is 25.0 Å². The minimum atomic E-state index is -0.138. The smallest absolute Gasteiger partial charge is 0.237 e. The molecular weight excluding hydrogens is 392 g/mol. The van der Waals surface area contributed by atoms with Crippen molar-refractivity contribution in [2.24, 2.45) is 0 Å². The minimum Gasteiger partial charge on any atom is -0.277 e. The maximum Gasteiger partial charge on any atom is 0.237 e. The molecule has 0 radical (unpaired) electrons. The monoisotopic (exact) mass is 412 g/mol. The Morgan fingerprint density at radius 3 is 2.38 bits per heavy atom. The van der Waals surface area contributed by atoms with Crippen LogP contribution in [0.2, 0.25) is 0 Å². The number of hydrogen-bond acceptors (Lipinski definition) is 3. The summed E-state index contributed by atoms with van der Waals surface area (Å²) in [6.07, 6.45) is 3.15. The van der Waals surface area contributed by atoms with Crippen LogP contribution >= 0.6 is 0 Å². The van der Waals surface area contributed by atoms with Gasteiger partial charge in [-0.15, -0.1) is 0 Å².